The Morgan fingerprint density at radius 2 is 1.25 bits per heavy atom. The fourth-order valence-electron chi connectivity index (χ4n) is 6.99. The van der Waals surface area contributed by atoms with Crippen LogP contribution in [0.1, 0.15) is 76.1 Å². The number of aromatic amines is 1. The summed E-state index contributed by atoms with van der Waals surface area (Å²) in [6.45, 7) is 4.91. The lowest BCUT2D eigenvalue weighted by Crippen LogP contribution is -2.60. The summed E-state index contributed by atoms with van der Waals surface area (Å²) in [5.41, 5.74) is 7.59. The number of aryl methyl sites for hydroxylation is 1. The standard InChI is InChI=1S/C43H56N10O12/c1-22(2)14-30-40(62)53-33(19-37(58)59)43(65)50-29(9-11-36(56)57)39(61)48-23(3)38(60)46-13-12-25-5-8-26-7-4-24(15-27(26)16-25)6-10-35(55)49-31(17-28-20-45-21-47-28)41(63)52-32(18-34(44)54)42(64)51-30/h4-5,7-8,15-16,20-23,29-33H,6,9-14,17-19H2,1-3H3,(H2,44,54)(H,45,47)(H,46,60)(H,48,61)(H,49,55)(H,50,65)(H,51,64)(H,52,63)(H,53,62)(H,56,57)(H,58,59)/t23-,29-,30-,31-,32-,33-/m0/s1. The number of nitrogens with one attached hydrogen (secondary N) is 8. The van der Waals surface area contributed by atoms with Crippen molar-refractivity contribution in [2.24, 2.45) is 11.7 Å². The highest BCUT2D eigenvalue weighted by Crippen LogP contribution is 2.20. The van der Waals surface area contributed by atoms with Crippen LogP contribution in [-0.2, 0) is 67.2 Å². The molecular weight excluding hydrogens is 849 g/mol. The number of primary amides is 1. The number of carbonyl (C=O) groups is 10. The van der Waals surface area contributed by atoms with Crippen molar-refractivity contribution in [3.8, 4) is 0 Å². The molecule has 1 aliphatic rings. The van der Waals surface area contributed by atoms with Crippen LogP contribution in [0.4, 0.5) is 0 Å². The Kier molecular flexibility index (Phi) is 18.5. The number of aliphatic carboxylic acids is 2. The van der Waals surface area contributed by atoms with Crippen LogP contribution >= 0.6 is 0 Å². The van der Waals surface area contributed by atoms with Gasteiger partial charge in [-0.3, -0.25) is 47.9 Å². The molecule has 3 aromatic rings. The number of nitrogens with two attached hydrogens (primary N) is 1. The van der Waals surface area contributed by atoms with Gasteiger partial charge in [-0.25, -0.2) is 4.98 Å². The minimum Gasteiger partial charge on any atom is -0.481 e. The number of hydrogen-bond donors (Lipinski definition) is 11. The molecule has 12 N–H and O–H groups in total. The van der Waals surface area contributed by atoms with E-state index in [2.05, 4.69) is 47.2 Å². The van der Waals surface area contributed by atoms with Crippen LogP contribution in [-0.4, -0.2) is 122 Å². The van der Waals surface area contributed by atoms with Crippen LogP contribution in [0.3, 0.4) is 0 Å². The molecule has 0 fully saturated rings. The van der Waals surface area contributed by atoms with E-state index in [0.717, 1.165) is 21.9 Å². The molecule has 2 heterocycles. The third kappa shape index (κ3) is 16.4. The summed E-state index contributed by atoms with van der Waals surface area (Å²) in [7, 11) is 0. The van der Waals surface area contributed by atoms with Crippen molar-refractivity contribution in [1.82, 2.24) is 47.2 Å². The zero-order valence-electron chi connectivity index (χ0n) is 36.2. The summed E-state index contributed by atoms with van der Waals surface area (Å²) >= 11 is 0. The predicted octanol–water partition coefficient (Wildman–Crippen LogP) is -1.40. The van der Waals surface area contributed by atoms with Crippen LogP contribution in [0, 0.1) is 5.92 Å². The van der Waals surface area contributed by atoms with Crippen molar-refractivity contribution in [2.75, 3.05) is 6.54 Å². The van der Waals surface area contributed by atoms with E-state index in [4.69, 9.17) is 5.73 Å². The smallest absolute Gasteiger partial charge is 0.305 e. The van der Waals surface area contributed by atoms with E-state index >= 15 is 0 Å². The lowest BCUT2D eigenvalue weighted by atomic mass is 10.0. The van der Waals surface area contributed by atoms with Crippen LogP contribution in [0.5, 0.6) is 0 Å². The van der Waals surface area contributed by atoms with Gasteiger partial charge in [0.1, 0.15) is 36.3 Å². The number of carboxylic acids is 2. The lowest BCUT2D eigenvalue weighted by Gasteiger charge is -2.27. The molecule has 350 valence electrons. The van der Waals surface area contributed by atoms with Gasteiger partial charge in [-0.1, -0.05) is 50.2 Å². The molecule has 0 spiro atoms. The number of imidazole rings is 1. The third-order valence-corrected chi connectivity index (χ3v) is 10.4. The Bertz CT molecular complexity index is 2250. The molecule has 1 aliphatic heterocycles. The first kappa shape index (κ1) is 50.3. The Hall–Kier alpha value is -7.39. The molecule has 3 bridgehead atoms. The molecule has 0 saturated carbocycles. The molecular formula is C43H56N10O12. The van der Waals surface area contributed by atoms with Gasteiger partial charge in [-0.15, -0.1) is 0 Å². The van der Waals surface area contributed by atoms with Gasteiger partial charge in [-0.05, 0) is 60.4 Å². The minimum absolute atomic E-state index is 0.0445. The Labute approximate surface area is 373 Å². The van der Waals surface area contributed by atoms with Gasteiger partial charge in [0.2, 0.25) is 47.3 Å². The van der Waals surface area contributed by atoms with Crippen molar-refractivity contribution < 1.29 is 58.2 Å². The predicted molar refractivity (Wildman–Crippen MR) is 231 cm³/mol. The monoisotopic (exact) mass is 904 g/mol. The Balaban J connectivity index is 1.70. The summed E-state index contributed by atoms with van der Waals surface area (Å²) in [6, 6.07) is 2.26. The number of carboxylic acid groups (broad SMARTS) is 2. The molecule has 6 atom stereocenters. The Morgan fingerprint density at radius 1 is 0.677 bits per heavy atom. The molecule has 2 aromatic carbocycles. The van der Waals surface area contributed by atoms with Crippen molar-refractivity contribution >= 4 is 70.0 Å². The molecule has 0 radical (unpaired) electrons. The summed E-state index contributed by atoms with van der Waals surface area (Å²) in [5.74, 6) is -10.5. The summed E-state index contributed by atoms with van der Waals surface area (Å²) < 4.78 is 0. The maximum atomic E-state index is 13.9. The minimum atomic E-state index is -1.88. The zero-order valence-corrected chi connectivity index (χ0v) is 36.2. The van der Waals surface area contributed by atoms with Gasteiger partial charge in [-0.2, -0.15) is 0 Å². The van der Waals surface area contributed by atoms with Gasteiger partial charge in [0.05, 0.1) is 19.2 Å². The number of aromatic nitrogens is 2. The van der Waals surface area contributed by atoms with Crippen molar-refractivity contribution in [1.29, 1.82) is 0 Å². The highest BCUT2D eigenvalue weighted by molar-refractivity contribution is 5.99. The molecule has 22 nitrogen and oxygen atoms in total. The van der Waals surface area contributed by atoms with E-state index in [1.165, 1.54) is 19.4 Å². The van der Waals surface area contributed by atoms with Crippen LogP contribution in [0.25, 0.3) is 10.8 Å². The average molecular weight is 905 g/mol. The van der Waals surface area contributed by atoms with E-state index in [1.54, 1.807) is 13.8 Å². The molecule has 65 heavy (non-hydrogen) atoms. The van der Waals surface area contributed by atoms with Gasteiger partial charge in [0, 0.05) is 37.7 Å². The second-order valence-electron chi connectivity index (χ2n) is 16.3. The topological polar surface area (TPSA) is 350 Å². The number of nitrogens with zero attached hydrogens (tertiary/aromatic N) is 1. The second kappa shape index (κ2) is 23.9. The fraction of sp³-hybridized carbons (Fsp3) is 0.465. The summed E-state index contributed by atoms with van der Waals surface area (Å²) in [6.07, 6.45) is 0.353. The number of fused-ring (bicyclic) bond motifs is 2. The number of carbonyl (C=O) groups excluding carboxylic acids is 8. The summed E-state index contributed by atoms with van der Waals surface area (Å²) in [5, 5.41) is 38.2. The molecule has 0 saturated heterocycles. The molecule has 1 aromatic heterocycles. The normalized spacial score (nSPS) is 22.6. The highest BCUT2D eigenvalue weighted by Gasteiger charge is 2.35. The largest absolute Gasteiger partial charge is 0.481 e. The van der Waals surface area contributed by atoms with E-state index in [1.807, 2.05) is 36.4 Å². The fourth-order valence-corrected chi connectivity index (χ4v) is 6.99. The van der Waals surface area contributed by atoms with E-state index in [9.17, 15) is 58.2 Å². The third-order valence-electron chi connectivity index (χ3n) is 10.4. The van der Waals surface area contributed by atoms with Gasteiger partial charge < -0.3 is 58.1 Å². The first-order valence-electron chi connectivity index (χ1n) is 21.1. The molecule has 22 heteroatoms. The SMILES string of the molecule is CC(C)C[C@@H]1NC(=O)[C@H](CC(N)=O)NC(=O)[C@H](Cc2cnc[nH]2)NC(=O)CCc2ccc3ccc(cc3c2)CCNC(=O)[C@H](C)NC(=O)[C@H](CCC(=O)O)NC(=O)[C@H](CC(=O)O)NC1=O. The highest BCUT2D eigenvalue weighted by atomic mass is 16.4. The molecule has 0 aliphatic carbocycles. The van der Waals surface area contributed by atoms with Crippen LogP contribution in [0.2, 0.25) is 0 Å². The van der Waals surface area contributed by atoms with Crippen molar-refractivity contribution in [3.63, 3.8) is 0 Å². The van der Waals surface area contributed by atoms with Gasteiger partial charge >= 0.3 is 11.9 Å². The zero-order chi connectivity index (χ0) is 47.8. The number of benzene rings is 2. The second-order valence-corrected chi connectivity index (χ2v) is 16.3. The number of amides is 8. The maximum absolute atomic E-state index is 13.9. The van der Waals surface area contributed by atoms with E-state index < -0.39 is 121 Å². The molecule has 0 unspecified atom stereocenters. The van der Waals surface area contributed by atoms with E-state index in [-0.39, 0.29) is 38.1 Å². The number of hydrogen-bond acceptors (Lipinski definition) is 11. The van der Waals surface area contributed by atoms with Gasteiger partial charge in [0.25, 0.3) is 0 Å². The number of H-pyrrole nitrogens is 1. The quantitative estimate of drug-likeness (QED) is 0.106. The maximum Gasteiger partial charge on any atom is 0.305 e. The van der Waals surface area contributed by atoms with Crippen LogP contribution < -0.4 is 43.0 Å². The first-order chi connectivity index (χ1) is 30.8. The van der Waals surface area contributed by atoms with Crippen molar-refractivity contribution in [3.05, 3.63) is 65.7 Å². The lowest BCUT2D eigenvalue weighted by molar-refractivity contribution is -0.141. The summed E-state index contributed by atoms with van der Waals surface area (Å²) in [4.78, 5) is 138. The van der Waals surface area contributed by atoms with Crippen molar-refractivity contribution in [2.45, 2.75) is 115 Å². The molecule has 8 amide bonds. The average Bonchev–Trinajstić information content (AvgIpc) is 3.75. The molecule has 4 rings (SSSR count). The number of rotatable bonds is 11. The van der Waals surface area contributed by atoms with Crippen LogP contribution in [0.15, 0.2) is 48.9 Å². The van der Waals surface area contributed by atoms with E-state index in [0.29, 0.717) is 12.1 Å². The first-order valence-corrected chi connectivity index (χ1v) is 21.1. The Morgan fingerprint density at radius 3 is 1.83 bits per heavy atom. The van der Waals surface area contributed by atoms with Gasteiger partial charge in [0.15, 0.2) is 0 Å².